The van der Waals surface area contributed by atoms with Crippen molar-refractivity contribution >= 4 is 40.0 Å². The van der Waals surface area contributed by atoms with Gasteiger partial charge in [0, 0.05) is 42.0 Å². The van der Waals surface area contributed by atoms with Crippen LogP contribution in [0.15, 0.2) is 46.4 Å². The number of aliphatic hydroxyl groups is 1. The molecule has 1 aliphatic rings. The molecule has 7 nitrogen and oxygen atoms in total. The molecule has 0 bridgehead atoms. The summed E-state index contributed by atoms with van der Waals surface area (Å²) in [5, 5.41) is 23.7. The maximum absolute atomic E-state index is 12.0. The first-order valence-electron chi connectivity index (χ1n) is 11.1. The van der Waals surface area contributed by atoms with Crippen LogP contribution in [0.25, 0.3) is 10.9 Å². The predicted octanol–water partition coefficient (Wildman–Crippen LogP) is 4.33. The lowest BCUT2D eigenvalue weighted by molar-refractivity contribution is -0.146. The zero-order valence-corrected chi connectivity index (χ0v) is 20.2. The van der Waals surface area contributed by atoms with E-state index in [-0.39, 0.29) is 5.92 Å². The van der Waals surface area contributed by atoms with Crippen molar-refractivity contribution in [3.05, 3.63) is 47.6 Å². The van der Waals surface area contributed by atoms with Gasteiger partial charge in [-0.3, -0.25) is 9.78 Å². The van der Waals surface area contributed by atoms with E-state index in [1.165, 1.54) is 0 Å². The van der Waals surface area contributed by atoms with E-state index in [1.54, 1.807) is 42.6 Å². The third-order valence-electron chi connectivity index (χ3n) is 6.35. The molecule has 2 N–H and O–H groups in total. The normalized spacial score (nSPS) is 20.1. The molecule has 1 aromatic carbocycles. The van der Waals surface area contributed by atoms with Crippen LogP contribution in [0.2, 0.25) is 0 Å². The summed E-state index contributed by atoms with van der Waals surface area (Å²) in [6, 6.07) is 7.46. The van der Waals surface area contributed by atoms with Crippen LogP contribution in [-0.4, -0.2) is 63.5 Å². The fourth-order valence-electron chi connectivity index (χ4n) is 4.53. The Morgan fingerprint density at radius 2 is 2.21 bits per heavy atom. The third kappa shape index (κ3) is 6.03. The summed E-state index contributed by atoms with van der Waals surface area (Å²) < 4.78 is 6.38. The molecule has 0 saturated carbocycles. The lowest BCUT2D eigenvalue weighted by Gasteiger charge is -2.36. The number of benzene rings is 1. The number of piperidine rings is 1. The Labute approximate surface area is 201 Å². The Morgan fingerprint density at radius 3 is 2.97 bits per heavy atom. The van der Waals surface area contributed by atoms with Gasteiger partial charge >= 0.3 is 5.97 Å². The zero-order chi connectivity index (χ0) is 23.2. The molecule has 0 aliphatic carbocycles. The number of methoxy groups -OCH3 is 1. The fourth-order valence-corrected chi connectivity index (χ4v) is 6.24. The van der Waals surface area contributed by atoms with Crippen molar-refractivity contribution in [2.75, 3.05) is 32.5 Å². The zero-order valence-electron chi connectivity index (χ0n) is 18.6. The summed E-state index contributed by atoms with van der Waals surface area (Å²) in [6.45, 7) is 2.30. The SMILES string of the molecule is COc1ccc2nccc([C@@H](O)CC[C@@H]3CCN(CCSc4nccs4)C[C@@H]3C(=O)O)c2c1. The Hall–Kier alpha value is -2.20. The summed E-state index contributed by atoms with van der Waals surface area (Å²) in [5.74, 6) is 0.524. The Kier molecular flexibility index (Phi) is 8.19. The number of thiazole rings is 1. The Bertz CT molecular complexity index is 1060. The minimum absolute atomic E-state index is 0.0580. The highest BCUT2D eigenvalue weighted by Gasteiger charge is 2.34. The molecule has 0 unspecified atom stereocenters. The molecule has 2 aromatic heterocycles. The van der Waals surface area contributed by atoms with E-state index in [9.17, 15) is 15.0 Å². The van der Waals surface area contributed by atoms with Gasteiger partial charge in [-0.05, 0) is 61.6 Å². The first kappa shape index (κ1) is 23.9. The van der Waals surface area contributed by atoms with Crippen molar-refractivity contribution in [1.29, 1.82) is 0 Å². The standard InChI is InChI=1S/C24H29N3O4S2/c1-31-17-3-4-21-19(14-17)18(6-8-25-21)22(28)5-2-16-7-10-27(15-20(16)23(29)30)11-13-33-24-26-9-12-32-24/h3-4,6,8-9,12,14,16,20,22,28H,2,5,7,10-11,13,15H2,1H3,(H,29,30)/t16-,20+,22+/m1/s1. The first-order chi connectivity index (χ1) is 16.0. The minimum atomic E-state index is -0.745. The van der Waals surface area contributed by atoms with Crippen LogP contribution in [0.4, 0.5) is 0 Å². The van der Waals surface area contributed by atoms with Gasteiger partial charge < -0.3 is 19.8 Å². The number of aromatic nitrogens is 2. The number of carboxylic acid groups (broad SMARTS) is 1. The van der Waals surface area contributed by atoms with E-state index in [0.29, 0.717) is 19.4 Å². The van der Waals surface area contributed by atoms with Gasteiger partial charge in [0.2, 0.25) is 0 Å². The largest absolute Gasteiger partial charge is 0.497 e. The topological polar surface area (TPSA) is 95.8 Å². The maximum Gasteiger partial charge on any atom is 0.308 e. The van der Waals surface area contributed by atoms with Crippen molar-refractivity contribution in [1.82, 2.24) is 14.9 Å². The lowest BCUT2D eigenvalue weighted by atomic mass is 9.81. The average molecular weight is 488 g/mol. The monoisotopic (exact) mass is 487 g/mol. The average Bonchev–Trinajstić information content (AvgIpc) is 3.35. The third-order valence-corrected chi connectivity index (χ3v) is 8.30. The number of ether oxygens (including phenoxy) is 1. The van der Waals surface area contributed by atoms with Gasteiger partial charge in [-0.25, -0.2) is 4.98 Å². The number of nitrogens with zero attached hydrogens (tertiary/aromatic N) is 3. The van der Waals surface area contributed by atoms with Crippen LogP contribution in [-0.2, 0) is 4.79 Å². The van der Waals surface area contributed by atoms with E-state index < -0.39 is 18.0 Å². The van der Waals surface area contributed by atoms with E-state index in [0.717, 1.165) is 51.8 Å². The quantitative estimate of drug-likeness (QED) is 0.408. The molecule has 176 valence electrons. The molecule has 33 heavy (non-hydrogen) atoms. The number of fused-ring (bicyclic) bond motifs is 1. The Morgan fingerprint density at radius 1 is 1.33 bits per heavy atom. The van der Waals surface area contributed by atoms with Gasteiger partial charge in [0.1, 0.15) is 10.1 Å². The maximum atomic E-state index is 12.0. The molecule has 0 spiro atoms. The van der Waals surface area contributed by atoms with E-state index in [1.807, 2.05) is 29.6 Å². The van der Waals surface area contributed by atoms with Crippen molar-refractivity contribution in [2.24, 2.45) is 11.8 Å². The van der Waals surface area contributed by atoms with Crippen molar-refractivity contribution in [2.45, 2.75) is 29.7 Å². The van der Waals surface area contributed by atoms with Gasteiger partial charge in [-0.2, -0.15) is 0 Å². The fraction of sp³-hybridized carbons (Fsp3) is 0.458. The molecule has 1 saturated heterocycles. The van der Waals surface area contributed by atoms with Crippen LogP contribution < -0.4 is 4.74 Å². The number of rotatable bonds is 10. The van der Waals surface area contributed by atoms with Crippen LogP contribution in [0, 0.1) is 11.8 Å². The van der Waals surface area contributed by atoms with E-state index in [4.69, 9.17) is 4.74 Å². The molecular formula is C24H29N3O4S2. The van der Waals surface area contributed by atoms with Crippen LogP contribution >= 0.6 is 23.1 Å². The smallest absolute Gasteiger partial charge is 0.308 e. The molecule has 3 heterocycles. The predicted molar refractivity (Wildman–Crippen MR) is 131 cm³/mol. The number of thioether (sulfide) groups is 1. The van der Waals surface area contributed by atoms with Gasteiger partial charge in [0.05, 0.1) is 24.6 Å². The van der Waals surface area contributed by atoms with Crippen molar-refractivity contribution in [3.63, 3.8) is 0 Å². The van der Waals surface area contributed by atoms with Gasteiger partial charge in [0.25, 0.3) is 0 Å². The molecule has 4 rings (SSSR count). The van der Waals surface area contributed by atoms with Gasteiger partial charge in [-0.15, -0.1) is 11.3 Å². The number of likely N-dealkylation sites (tertiary alicyclic amines) is 1. The summed E-state index contributed by atoms with van der Waals surface area (Å²) in [6.07, 6.45) is 4.85. The van der Waals surface area contributed by atoms with Gasteiger partial charge in [0.15, 0.2) is 0 Å². The first-order valence-corrected chi connectivity index (χ1v) is 13.0. The number of pyridine rings is 1. The van der Waals surface area contributed by atoms with Crippen molar-refractivity contribution in [3.8, 4) is 5.75 Å². The molecule has 3 aromatic rings. The number of carbonyl (C=O) groups is 1. The van der Waals surface area contributed by atoms with E-state index >= 15 is 0 Å². The summed E-state index contributed by atoms with van der Waals surface area (Å²) in [4.78, 5) is 22.9. The van der Waals surface area contributed by atoms with E-state index in [2.05, 4.69) is 14.9 Å². The second-order valence-electron chi connectivity index (χ2n) is 8.32. The molecule has 3 atom stereocenters. The van der Waals surface area contributed by atoms with Crippen LogP contribution in [0.3, 0.4) is 0 Å². The number of hydrogen-bond donors (Lipinski definition) is 2. The molecule has 9 heteroatoms. The van der Waals surface area contributed by atoms with Crippen molar-refractivity contribution < 1.29 is 19.7 Å². The summed E-state index contributed by atoms with van der Waals surface area (Å²) in [7, 11) is 1.61. The number of aliphatic carboxylic acids is 1. The lowest BCUT2D eigenvalue weighted by Crippen LogP contribution is -2.44. The number of hydrogen-bond acceptors (Lipinski definition) is 8. The Balaban J connectivity index is 1.34. The second kappa shape index (κ2) is 11.3. The summed E-state index contributed by atoms with van der Waals surface area (Å²) >= 11 is 3.35. The number of carboxylic acids is 1. The highest BCUT2D eigenvalue weighted by molar-refractivity contribution is 8.01. The summed E-state index contributed by atoms with van der Waals surface area (Å²) in [5.41, 5.74) is 1.61. The molecular weight excluding hydrogens is 458 g/mol. The molecule has 1 aliphatic heterocycles. The second-order valence-corrected chi connectivity index (χ2v) is 10.6. The van der Waals surface area contributed by atoms with Crippen LogP contribution in [0.1, 0.15) is 30.9 Å². The number of aliphatic hydroxyl groups excluding tert-OH is 1. The highest BCUT2D eigenvalue weighted by Crippen LogP contribution is 2.34. The van der Waals surface area contributed by atoms with Crippen LogP contribution in [0.5, 0.6) is 5.75 Å². The van der Waals surface area contributed by atoms with Gasteiger partial charge in [-0.1, -0.05) is 11.8 Å². The molecule has 1 fully saturated rings. The molecule has 0 amide bonds. The minimum Gasteiger partial charge on any atom is -0.497 e. The molecule has 0 radical (unpaired) electrons. The highest BCUT2D eigenvalue weighted by atomic mass is 32.2.